The van der Waals surface area contributed by atoms with Crippen molar-refractivity contribution in [1.29, 1.82) is 0 Å². The molecule has 4 nitrogen and oxygen atoms in total. The number of hydrogen-bond donors (Lipinski definition) is 1. The molecule has 0 fully saturated rings. The SMILES string of the molecule is CCOC(=O)[C@H]1Cc2cc(OC)ccc2[C@H]1O. The van der Waals surface area contributed by atoms with Crippen LogP contribution in [0.4, 0.5) is 0 Å². The van der Waals surface area contributed by atoms with Crippen LogP contribution in [-0.4, -0.2) is 24.8 Å². The van der Waals surface area contributed by atoms with E-state index >= 15 is 0 Å². The van der Waals surface area contributed by atoms with Gasteiger partial charge in [-0.15, -0.1) is 0 Å². The molecule has 0 unspecified atom stereocenters. The summed E-state index contributed by atoms with van der Waals surface area (Å²) in [7, 11) is 1.59. The maximum Gasteiger partial charge on any atom is 0.312 e. The van der Waals surface area contributed by atoms with Crippen molar-refractivity contribution in [3.8, 4) is 5.75 Å². The van der Waals surface area contributed by atoms with E-state index in [4.69, 9.17) is 9.47 Å². The lowest BCUT2D eigenvalue weighted by Crippen LogP contribution is -2.21. The second kappa shape index (κ2) is 4.75. The van der Waals surface area contributed by atoms with Crippen LogP contribution in [-0.2, 0) is 16.0 Å². The van der Waals surface area contributed by atoms with Crippen LogP contribution in [0, 0.1) is 5.92 Å². The monoisotopic (exact) mass is 236 g/mol. The van der Waals surface area contributed by atoms with Gasteiger partial charge in [-0.1, -0.05) is 6.07 Å². The maximum atomic E-state index is 11.7. The Labute approximate surface area is 100 Å². The quantitative estimate of drug-likeness (QED) is 0.807. The number of carbonyl (C=O) groups is 1. The molecule has 0 saturated heterocycles. The predicted octanol–water partition coefficient (Wildman–Crippen LogP) is 1.46. The minimum atomic E-state index is -0.769. The molecule has 0 amide bonds. The molecule has 4 heteroatoms. The number of hydrogen-bond acceptors (Lipinski definition) is 4. The summed E-state index contributed by atoms with van der Waals surface area (Å²) < 4.78 is 10.1. The fourth-order valence-corrected chi connectivity index (χ4v) is 2.20. The number of aliphatic hydroxyl groups excluding tert-OH is 1. The largest absolute Gasteiger partial charge is 0.497 e. The lowest BCUT2D eigenvalue weighted by atomic mass is 10.0. The number of aliphatic hydroxyl groups is 1. The Kier molecular flexibility index (Phi) is 3.33. The normalized spacial score (nSPS) is 22.1. The van der Waals surface area contributed by atoms with Crippen molar-refractivity contribution >= 4 is 5.97 Å². The van der Waals surface area contributed by atoms with E-state index in [0.29, 0.717) is 13.0 Å². The number of esters is 1. The average molecular weight is 236 g/mol. The number of carbonyl (C=O) groups excluding carboxylic acids is 1. The van der Waals surface area contributed by atoms with Crippen LogP contribution in [0.3, 0.4) is 0 Å². The Morgan fingerprint density at radius 2 is 2.29 bits per heavy atom. The molecule has 0 bridgehead atoms. The molecule has 1 aliphatic rings. The summed E-state index contributed by atoms with van der Waals surface area (Å²) in [6, 6.07) is 5.45. The van der Waals surface area contributed by atoms with Gasteiger partial charge >= 0.3 is 5.97 Å². The summed E-state index contributed by atoms with van der Waals surface area (Å²) >= 11 is 0. The molecule has 0 aliphatic heterocycles. The van der Waals surface area contributed by atoms with Gasteiger partial charge in [0.1, 0.15) is 5.75 Å². The van der Waals surface area contributed by atoms with Gasteiger partial charge in [0.05, 0.1) is 25.7 Å². The van der Waals surface area contributed by atoms with Gasteiger partial charge in [-0.05, 0) is 36.6 Å². The van der Waals surface area contributed by atoms with Crippen molar-refractivity contribution in [3.63, 3.8) is 0 Å². The molecule has 0 aromatic heterocycles. The molecular formula is C13H16O4. The highest BCUT2D eigenvalue weighted by Gasteiger charge is 2.37. The van der Waals surface area contributed by atoms with E-state index in [2.05, 4.69) is 0 Å². The van der Waals surface area contributed by atoms with Gasteiger partial charge in [-0.25, -0.2) is 0 Å². The predicted molar refractivity (Wildman–Crippen MR) is 61.8 cm³/mol. The van der Waals surface area contributed by atoms with Crippen molar-refractivity contribution in [1.82, 2.24) is 0 Å². The molecule has 1 aromatic carbocycles. The van der Waals surface area contributed by atoms with Gasteiger partial charge in [-0.3, -0.25) is 4.79 Å². The number of fused-ring (bicyclic) bond motifs is 1. The third-order valence-corrected chi connectivity index (χ3v) is 3.08. The Bertz CT molecular complexity index is 427. The summed E-state index contributed by atoms with van der Waals surface area (Å²) in [5.41, 5.74) is 1.75. The Morgan fingerprint density at radius 1 is 1.53 bits per heavy atom. The van der Waals surface area contributed by atoms with Crippen LogP contribution in [0.2, 0.25) is 0 Å². The van der Waals surface area contributed by atoms with Crippen LogP contribution in [0.1, 0.15) is 24.2 Å². The van der Waals surface area contributed by atoms with Crippen LogP contribution >= 0.6 is 0 Å². The van der Waals surface area contributed by atoms with Gasteiger partial charge in [-0.2, -0.15) is 0 Å². The van der Waals surface area contributed by atoms with E-state index in [0.717, 1.165) is 16.9 Å². The van der Waals surface area contributed by atoms with Gasteiger partial charge < -0.3 is 14.6 Å². The molecule has 1 N–H and O–H groups in total. The summed E-state index contributed by atoms with van der Waals surface area (Å²) in [5.74, 6) is -0.0901. The lowest BCUT2D eigenvalue weighted by Gasteiger charge is -2.13. The molecule has 0 saturated carbocycles. The van der Waals surface area contributed by atoms with E-state index in [1.54, 1.807) is 26.2 Å². The highest BCUT2D eigenvalue weighted by molar-refractivity contribution is 5.75. The number of benzene rings is 1. The van der Waals surface area contributed by atoms with E-state index in [9.17, 15) is 9.90 Å². The summed E-state index contributed by atoms with van der Waals surface area (Å²) in [6.45, 7) is 2.09. The third-order valence-electron chi connectivity index (χ3n) is 3.08. The molecule has 2 rings (SSSR count). The molecule has 1 aromatic rings. The van der Waals surface area contributed by atoms with Crippen molar-refractivity contribution in [2.24, 2.45) is 5.92 Å². The van der Waals surface area contributed by atoms with Crippen molar-refractivity contribution in [2.75, 3.05) is 13.7 Å². The second-order valence-electron chi connectivity index (χ2n) is 4.07. The number of ether oxygens (including phenoxy) is 2. The molecule has 92 valence electrons. The molecule has 0 radical (unpaired) electrons. The molecule has 17 heavy (non-hydrogen) atoms. The van der Waals surface area contributed by atoms with Crippen LogP contribution in [0.15, 0.2) is 18.2 Å². The minimum Gasteiger partial charge on any atom is -0.497 e. The zero-order valence-corrected chi connectivity index (χ0v) is 9.97. The fraction of sp³-hybridized carbons (Fsp3) is 0.462. The molecule has 0 spiro atoms. The Balaban J connectivity index is 2.22. The van der Waals surface area contributed by atoms with E-state index in [1.807, 2.05) is 6.07 Å². The van der Waals surface area contributed by atoms with Crippen molar-refractivity contribution in [3.05, 3.63) is 29.3 Å². The zero-order chi connectivity index (χ0) is 12.4. The van der Waals surface area contributed by atoms with E-state index in [-0.39, 0.29) is 5.97 Å². The van der Waals surface area contributed by atoms with Crippen molar-refractivity contribution in [2.45, 2.75) is 19.4 Å². The highest BCUT2D eigenvalue weighted by atomic mass is 16.5. The first kappa shape index (κ1) is 11.9. The molecule has 2 atom stereocenters. The summed E-state index contributed by atoms with van der Waals surface area (Å²) in [4.78, 5) is 11.7. The van der Waals surface area contributed by atoms with Gasteiger partial charge in [0, 0.05) is 0 Å². The highest BCUT2D eigenvalue weighted by Crippen LogP contribution is 2.38. The van der Waals surface area contributed by atoms with Crippen LogP contribution < -0.4 is 4.74 Å². The van der Waals surface area contributed by atoms with E-state index in [1.165, 1.54) is 0 Å². The lowest BCUT2D eigenvalue weighted by molar-refractivity contribution is -0.151. The summed E-state index contributed by atoms with van der Waals surface area (Å²) in [6.07, 6.45) is -0.262. The first-order valence-electron chi connectivity index (χ1n) is 5.69. The minimum absolute atomic E-state index is 0.335. The van der Waals surface area contributed by atoms with Gasteiger partial charge in [0.15, 0.2) is 0 Å². The molecule has 1 aliphatic carbocycles. The topological polar surface area (TPSA) is 55.8 Å². The number of methoxy groups -OCH3 is 1. The maximum absolute atomic E-state index is 11.7. The zero-order valence-electron chi connectivity index (χ0n) is 9.97. The van der Waals surface area contributed by atoms with Crippen molar-refractivity contribution < 1.29 is 19.4 Å². The molecular weight excluding hydrogens is 220 g/mol. The number of rotatable bonds is 3. The van der Waals surface area contributed by atoms with Gasteiger partial charge in [0.2, 0.25) is 0 Å². The van der Waals surface area contributed by atoms with E-state index < -0.39 is 12.0 Å². The Hall–Kier alpha value is -1.55. The fourth-order valence-electron chi connectivity index (χ4n) is 2.20. The summed E-state index contributed by atoms with van der Waals surface area (Å²) in [5, 5.41) is 10.1. The van der Waals surface area contributed by atoms with Crippen LogP contribution in [0.25, 0.3) is 0 Å². The first-order chi connectivity index (χ1) is 8.17. The van der Waals surface area contributed by atoms with Crippen LogP contribution in [0.5, 0.6) is 5.75 Å². The van der Waals surface area contributed by atoms with Gasteiger partial charge in [0.25, 0.3) is 0 Å². The standard InChI is InChI=1S/C13H16O4/c1-3-17-13(15)11-7-8-6-9(16-2)4-5-10(8)12(11)14/h4-6,11-12,14H,3,7H2,1-2H3/t11-,12+/m0/s1. The smallest absolute Gasteiger partial charge is 0.312 e. The molecule has 0 heterocycles. The third kappa shape index (κ3) is 2.13. The Morgan fingerprint density at radius 3 is 2.94 bits per heavy atom. The first-order valence-corrected chi connectivity index (χ1v) is 5.69. The average Bonchev–Trinajstić information content (AvgIpc) is 2.66. The second-order valence-corrected chi connectivity index (χ2v) is 4.07.